The SMILES string of the molecule is CC(=O)Cc1ccc(N2CC(=O)NC(=O)C2)cc1. The molecule has 0 aromatic heterocycles. The largest absolute Gasteiger partial charge is 0.353 e. The highest BCUT2D eigenvalue weighted by molar-refractivity contribution is 6.02. The molecule has 94 valence electrons. The maximum Gasteiger partial charge on any atom is 0.246 e. The Morgan fingerprint density at radius 3 is 2.22 bits per heavy atom. The predicted molar refractivity (Wildman–Crippen MR) is 66.2 cm³/mol. The van der Waals surface area contributed by atoms with Crippen LogP contribution in [0.2, 0.25) is 0 Å². The summed E-state index contributed by atoms with van der Waals surface area (Å²) in [5.74, 6) is -0.478. The maximum atomic E-state index is 11.3. The quantitative estimate of drug-likeness (QED) is 0.778. The summed E-state index contributed by atoms with van der Waals surface area (Å²) in [4.78, 5) is 35.2. The van der Waals surface area contributed by atoms with E-state index in [9.17, 15) is 14.4 Å². The zero-order valence-electron chi connectivity index (χ0n) is 10.1. The number of hydrogen-bond donors (Lipinski definition) is 1. The Labute approximate surface area is 105 Å². The molecular formula is C13H14N2O3. The number of ketones is 1. The van der Waals surface area contributed by atoms with E-state index in [1.54, 1.807) is 11.8 Å². The van der Waals surface area contributed by atoms with Gasteiger partial charge in [0.15, 0.2) is 0 Å². The van der Waals surface area contributed by atoms with Crippen molar-refractivity contribution in [2.45, 2.75) is 13.3 Å². The second kappa shape index (κ2) is 5.00. The van der Waals surface area contributed by atoms with E-state index in [1.165, 1.54) is 0 Å². The van der Waals surface area contributed by atoms with Crippen molar-refractivity contribution in [1.29, 1.82) is 0 Å². The second-order valence-electron chi connectivity index (χ2n) is 4.37. The predicted octanol–water partition coefficient (Wildman–Crippen LogP) is 0.281. The normalized spacial score (nSPS) is 15.5. The lowest BCUT2D eigenvalue weighted by atomic mass is 10.1. The summed E-state index contributed by atoms with van der Waals surface area (Å²) in [6, 6.07) is 7.33. The minimum atomic E-state index is -0.293. The topological polar surface area (TPSA) is 66.5 Å². The molecule has 0 bridgehead atoms. The molecule has 1 heterocycles. The van der Waals surface area contributed by atoms with Gasteiger partial charge in [0.1, 0.15) is 5.78 Å². The van der Waals surface area contributed by atoms with Crippen LogP contribution in [0.15, 0.2) is 24.3 Å². The van der Waals surface area contributed by atoms with Crippen LogP contribution in [-0.4, -0.2) is 30.7 Å². The average Bonchev–Trinajstić information content (AvgIpc) is 2.27. The molecule has 0 aliphatic carbocycles. The smallest absolute Gasteiger partial charge is 0.246 e. The molecule has 0 radical (unpaired) electrons. The van der Waals surface area contributed by atoms with Crippen molar-refractivity contribution in [3.05, 3.63) is 29.8 Å². The van der Waals surface area contributed by atoms with Gasteiger partial charge in [-0.2, -0.15) is 0 Å². The fraction of sp³-hybridized carbons (Fsp3) is 0.308. The number of nitrogens with one attached hydrogen (secondary N) is 1. The molecule has 2 rings (SSSR count). The number of imide groups is 1. The first-order valence-corrected chi connectivity index (χ1v) is 5.70. The number of rotatable bonds is 3. The molecule has 0 unspecified atom stereocenters. The van der Waals surface area contributed by atoms with Gasteiger partial charge in [0.05, 0.1) is 13.1 Å². The van der Waals surface area contributed by atoms with Gasteiger partial charge in [-0.1, -0.05) is 12.1 Å². The third kappa shape index (κ3) is 2.94. The van der Waals surface area contributed by atoms with Gasteiger partial charge in [-0.3, -0.25) is 19.7 Å². The summed E-state index contributed by atoms with van der Waals surface area (Å²) in [6.07, 6.45) is 0.402. The monoisotopic (exact) mass is 246 g/mol. The highest BCUT2D eigenvalue weighted by Crippen LogP contribution is 2.16. The molecule has 1 aliphatic rings. The van der Waals surface area contributed by atoms with Crippen LogP contribution in [0.4, 0.5) is 5.69 Å². The summed E-state index contributed by atoms with van der Waals surface area (Å²) < 4.78 is 0. The second-order valence-corrected chi connectivity index (χ2v) is 4.37. The van der Waals surface area contributed by atoms with Crippen LogP contribution >= 0.6 is 0 Å². The van der Waals surface area contributed by atoms with Gasteiger partial charge in [-0.25, -0.2) is 0 Å². The molecule has 0 saturated carbocycles. The molecule has 0 spiro atoms. The van der Waals surface area contributed by atoms with E-state index >= 15 is 0 Å². The molecule has 1 aromatic rings. The Kier molecular flexibility index (Phi) is 3.41. The summed E-state index contributed by atoms with van der Waals surface area (Å²) in [5, 5.41) is 2.25. The van der Waals surface area contributed by atoms with Crippen LogP contribution in [0.3, 0.4) is 0 Å². The Hall–Kier alpha value is -2.17. The van der Waals surface area contributed by atoms with Gasteiger partial charge in [0.25, 0.3) is 0 Å². The first-order valence-electron chi connectivity index (χ1n) is 5.70. The Morgan fingerprint density at radius 2 is 1.72 bits per heavy atom. The van der Waals surface area contributed by atoms with Gasteiger partial charge in [-0.15, -0.1) is 0 Å². The third-order valence-corrected chi connectivity index (χ3v) is 2.70. The minimum Gasteiger partial charge on any atom is -0.353 e. The molecule has 18 heavy (non-hydrogen) atoms. The average molecular weight is 246 g/mol. The van der Waals surface area contributed by atoms with Crippen molar-refractivity contribution in [2.24, 2.45) is 0 Å². The van der Waals surface area contributed by atoms with E-state index in [2.05, 4.69) is 5.32 Å². The molecule has 1 aromatic carbocycles. The van der Waals surface area contributed by atoms with E-state index in [4.69, 9.17) is 0 Å². The van der Waals surface area contributed by atoms with Crippen molar-refractivity contribution in [2.75, 3.05) is 18.0 Å². The molecule has 1 aliphatic heterocycles. The van der Waals surface area contributed by atoms with Crippen LogP contribution < -0.4 is 10.2 Å². The number of carbonyl (C=O) groups excluding carboxylic acids is 3. The highest BCUT2D eigenvalue weighted by Gasteiger charge is 2.22. The lowest BCUT2D eigenvalue weighted by Gasteiger charge is -2.27. The van der Waals surface area contributed by atoms with Crippen LogP contribution in [0, 0.1) is 0 Å². The summed E-state index contributed by atoms with van der Waals surface area (Å²) in [5.41, 5.74) is 1.74. The number of hydrogen-bond acceptors (Lipinski definition) is 4. The fourth-order valence-electron chi connectivity index (χ4n) is 1.93. The number of amides is 2. The number of Topliss-reactive ketones (excluding diaryl/α,β-unsaturated/α-hetero) is 1. The Balaban J connectivity index is 2.11. The van der Waals surface area contributed by atoms with Crippen molar-refractivity contribution in [3.63, 3.8) is 0 Å². The Bertz CT molecular complexity index is 477. The van der Waals surface area contributed by atoms with Gasteiger partial charge in [0.2, 0.25) is 11.8 Å². The number of carbonyl (C=O) groups is 3. The zero-order chi connectivity index (χ0) is 13.1. The summed E-state index contributed by atoms with van der Waals surface area (Å²) in [7, 11) is 0. The molecular weight excluding hydrogens is 232 g/mol. The minimum absolute atomic E-state index is 0.107. The van der Waals surface area contributed by atoms with Crippen molar-refractivity contribution < 1.29 is 14.4 Å². The molecule has 5 heteroatoms. The van der Waals surface area contributed by atoms with Crippen molar-refractivity contribution >= 4 is 23.3 Å². The highest BCUT2D eigenvalue weighted by atomic mass is 16.2. The molecule has 1 N–H and O–H groups in total. The lowest BCUT2D eigenvalue weighted by Crippen LogP contribution is -2.51. The first-order chi connectivity index (χ1) is 8.54. The van der Waals surface area contributed by atoms with E-state index < -0.39 is 0 Å². The number of anilines is 1. The molecule has 2 amide bonds. The Morgan fingerprint density at radius 1 is 1.17 bits per heavy atom. The van der Waals surface area contributed by atoms with E-state index in [0.717, 1.165) is 11.3 Å². The molecule has 1 saturated heterocycles. The lowest BCUT2D eigenvalue weighted by molar-refractivity contribution is -0.130. The molecule has 1 fully saturated rings. The molecule has 0 atom stereocenters. The van der Waals surface area contributed by atoms with Gasteiger partial charge < -0.3 is 4.90 Å². The van der Waals surface area contributed by atoms with E-state index in [1.807, 2.05) is 24.3 Å². The number of benzene rings is 1. The van der Waals surface area contributed by atoms with Gasteiger partial charge in [0, 0.05) is 12.1 Å². The number of nitrogens with zero attached hydrogens (tertiary/aromatic N) is 1. The fourth-order valence-corrected chi connectivity index (χ4v) is 1.93. The number of piperazine rings is 1. The van der Waals surface area contributed by atoms with E-state index in [-0.39, 0.29) is 30.7 Å². The van der Waals surface area contributed by atoms with Gasteiger partial charge in [-0.05, 0) is 24.6 Å². The van der Waals surface area contributed by atoms with Crippen molar-refractivity contribution in [1.82, 2.24) is 5.32 Å². The van der Waals surface area contributed by atoms with Crippen molar-refractivity contribution in [3.8, 4) is 0 Å². The maximum absolute atomic E-state index is 11.3. The van der Waals surface area contributed by atoms with Crippen LogP contribution in [0.5, 0.6) is 0 Å². The first kappa shape index (κ1) is 12.3. The van der Waals surface area contributed by atoms with Crippen LogP contribution in [0.1, 0.15) is 12.5 Å². The molecule has 5 nitrogen and oxygen atoms in total. The summed E-state index contributed by atoms with van der Waals surface area (Å²) >= 11 is 0. The third-order valence-electron chi connectivity index (χ3n) is 2.70. The van der Waals surface area contributed by atoms with Crippen LogP contribution in [0.25, 0.3) is 0 Å². The van der Waals surface area contributed by atoms with Gasteiger partial charge >= 0.3 is 0 Å². The van der Waals surface area contributed by atoms with Crippen LogP contribution in [-0.2, 0) is 20.8 Å². The summed E-state index contributed by atoms with van der Waals surface area (Å²) in [6.45, 7) is 1.90. The van der Waals surface area contributed by atoms with E-state index in [0.29, 0.717) is 6.42 Å². The zero-order valence-corrected chi connectivity index (χ0v) is 10.1. The standard InChI is InChI=1S/C13H14N2O3/c1-9(16)6-10-2-4-11(5-3-10)15-7-12(17)14-13(18)8-15/h2-5H,6-8H2,1H3,(H,14,17,18).